The second kappa shape index (κ2) is 7.95. The summed E-state index contributed by atoms with van der Waals surface area (Å²) in [5.74, 6) is 1.42. The van der Waals surface area contributed by atoms with Crippen LogP contribution in [0.1, 0.15) is 38.0 Å². The zero-order valence-electron chi connectivity index (χ0n) is 13.5. The standard InChI is InChI=1S/C17H28N2OS/c1-13(15-6-4-8-18-12-15)10-17(20)19(3)14(2)11-16-7-5-9-21-16/h5,7,9,13-15,18H,4,6,8,10-12H2,1-3H3. The molecule has 1 amide bonds. The van der Waals surface area contributed by atoms with Crippen molar-refractivity contribution < 1.29 is 4.79 Å². The minimum Gasteiger partial charge on any atom is -0.343 e. The van der Waals surface area contributed by atoms with Crippen LogP contribution in [-0.2, 0) is 11.2 Å². The lowest BCUT2D eigenvalue weighted by molar-refractivity contribution is -0.133. The van der Waals surface area contributed by atoms with E-state index in [2.05, 4.69) is 36.7 Å². The first kappa shape index (κ1) is 16.5. The van der Waals surface area contributed by atoms with Gasteiger partial charge in [-0.1, -0.05) is 13.0 Å². The molecule has 0 aliphatic carbocycles. The number of hydrogen-bond donors (Lipinski definition) is 1. The molecule has 0 aromatic carbocycles. The van der Waals surface area contributed by atoms with Crippen molar-refractivity contribution in [1.82, 2.24) is 10.2 Å². The molecule has 0 spiro atoms. The van der Waals surface area contributed by atoms with Gasteiger partial charge in [-0.3, -0.25) is 4.79 Å². The number of carbonyl (C=O) groups is 1. The number of carbonyl (C=O) groups excluding carboxylic acids is 1. The molecule has 1 saturated heterocycles. The monoisotopic (exact) mass is 308 g/mol. The highest BCUT2D eigenvalue weighted by Gasteiger charge is 2.24. The number of likely N-dealkylation sites (N-methyl/N-ethyl adjacent to an activating group) is 1. The number of piperidine rings is 1. The van der Waals surface area contributed by atoms with Crippen LogP contribution in [0.5, 0.6) is 0 Å². The normalized spacial score (nSPS) is 21.8. The van der Waals surface area contributed by atoms with Crippen molar-refractivity contribution in [3.8, 4) is 0 Å². The minimum absolute atomic E-state index is 0.271. The third kappa shape index (κ3) is 4.82. The van der Waals surface area contributed by atoms with Gasteiger partial charge in [0.05, 0.1) is 0 Å². The molecule has 2 rings (SSSR count). The van der Waals surface area contributed by atoms with E-state index in [1.54, 1.807) is 11.3 Å². The van der Waals surface area contributed by atoms with Gasteiger partial charge in [0.25, 0.3) is 0 Å². The molecule has 1 fully saturated rings. The predicted molar refractivity (Wildman–Crippen MR) is 89.6 cm³/mol. The Morgan fingerprint density at radius 2 is 2.33 bits per heavy atom. The van der Waals surface area contributed by atoms with Crippen molar-refractivity contribution in [2.45, 2.75) is 45.6 Å². The van der Waals surface area contributed by atoms with E-state index in [1.165, 1.54) is 17.7 Å². The molecule has 1 N–H and O–H groups in total. The maximum atomic E-state index is 12.5. The first-order valence-corrected chi connectivity index (χ1v) is 8.94. The Labute approximate surface area is 132 Å². The van der Waals surface area contributed by atoms with Crippen LogP contribution in [0.15, 0.2) is 17.5 Å². The third-order valence-electron chi connectivity index (χ3n) is 4.77. The number of nitrogens with zero attached hydrogens (tertiary/aromatic N) is 1. The van der Waals surface area contributed by atoms with Crippen LogP contribution in [0.4, 0.5) is 0 Å². The van der Waals surface area contributed by atoms with Crippen LogP contribution in [0.25, 0.3) is 0 Å². The summed E-state index contributed by atoms with van der Waals surface area (Å²) in [6, 6.07) is 4.50. The predicted octanol–water partition coefficient (Wildman–Crippen LogP) is 3.16. The lowest BCUT2D eigenvalue weighted by Gasteiger charge is -2.31. The Bertz CT molecular complexity index is 426. The van der Waals surface area contributed by atoms with E-state index < -0.39 is 0 Å². The molecule has 118 valence electrons. The highest BCUT2D eigenvalue weighted by atomic mass is 32.1. The van der Waals surface area contributed by atoms with Crippen molar-refractivity contribution in [1.29, 1.82) is 0 Å². The van der Waals surface area contributed by atoms with E-state index in [1.807, 2.05) is 11.9 Å². The summed E-state index contributed by atoms with van der Waals surface area (Å²) in [5.41, 5.74) is 0. The summed E-state index contributed by atoms with van der Waals surface area (Å²) in [5, 5.41) is 5.55. The number of thiophene rings is 1. The van der Waals surface area contributed by atoms with Crippen molar-refractivity contribution in [2.24, 2.45) is 11.8 Å². The Morgan fingerprint density at radius 1 is 1.52 bits per heavy atom. The Kier molecular flexibility index (Phi) is 6.24. The highest BCUT2D eigenvalue weighted by Crippen LogP contribution is 2.23. The lowest BCUT2D eigenvalue weighted by Crippen LogP contribution is -2.39. The molecule has 0 saturated carbocycles. The largest absolute Gasteiger partial charge is 0.343 e. The molecule has 2 heterocycles. The molecule has 3 nitrogen and oxygen atoms in total. The van der Waals surface area contributed by atoms with Gasteiger partial charge in [0.2, 0.25) is 5.91 Å². The van der Waals surface area contributed by atoms with E-state index in [-0.39, 0.29) is 11.9 Å². The minimum atomic E-state index is 0.271. The van der Waals surface area contributed by atoms with Crippen molar-refractivity contribution in [2.75, 3.05) is 20.1 Å². The second-order valence-electron chi connectivity index (χ2n) is 6.42. The smallest absolute Gasteiger partial charge is 0.222 e. The quantitative estimate of drug-likeness (QED) is 0.875. The summed E-state index contributed by atoms with van der Waals surface area (Å²) >= 11 is 1.77. The van der Waals surface area contributed by atoms with Crippen LogP contribution >= 0.6 is 11.3 Å². The van der Waals surface area contributed by atoms with E-state index in [0.29, 0.717) is 18.3 Å². The van der Waals surface area contributed by atoms with E-state index >= 15 is 0 Å². The molecule has 4 heteroatoms. The molecule has 1 aromatic heterocycles. The van der Waals surface area contributed by atoms with Gasteiger partial charge in [-0.25, -0.2) is 0 Å². The molecule has 21 heavy (non-hydrogen) atoms. The van der Waals surface area contributed by atoms with Crippen molar-refractivity contribution in [3.05, 3.63) is 22.4 Å². The molecule has 1 aliphatic rings. The summed E-state index contributed by atoms with van der Waals surface area (Å²) in [6.07, 6.45) is 4.14. The Balaban J connectivity index is 1.80. The van der Waals surface area contributed by atoms with E-state index in [9.17, 15) is 4.79 Å². The maximum Gasteiger partial charge on any atom is 0.222 e. The van der Waals surface area contributed by atoms with Gasteiger partial charge in [0.15, 0.2) is 0 Å². The van der Waals surface area contributed by atoms with Gasteiger partial charge < -0.3 is 10.2 Å². The zero-order chi connectivity index (χ0) is 15.2. The number of rotatable bonds is 6. The topological polar surface area (TPSA) is 32.3 Å². The fourth-order valence-corrected chi connectivity index (χ4v) is 3.88. The number of nitrogens with one attached hydrogen (secondary N) is 1. The fourth-order valence-electron chi connectivity index (χ4n) is 3.05. The Morgan fingerprint density at radius 3 is 2.95 bits per heavy atom. The second-order valence-corrected chi connectivity index (χ2v) is 7.46. The van der Waals surface area contributed by atoms with Gasteiger partial charge in [-0.2, -0.15) is 0 Å². The third-order valence-corrected chi connectivity index (χ3v) is 5.67. The average Bonchev–Trinajstić information content (AvgIpc) is 3.00. The molecule has 0 radical (unpaired) electrons. The molecular weight excluding hydrogens is 280 g/mol. The zero-order valence-corrected chi connectivity index (χ0v) is 14.3. The molecule has 1 aromatic rings. The first-order valence-electron chi connectivity index (χ1n) is 8.06. The van der Waals surface area contributed by atoms with Gasteiger partial charge >= 0.3 is 0 Å². The van der Waals surface area contributed by atoms with Crippen molar-refractivity contribution in [3.63, 3.8) is 0 Å². The Hall–Kier alpha value is -0.870. The molecule has 1 aliphatic heterocycles. The summed E-state index contributed by atoms with van der Waals surface area (Å²) < 4.78 is 0. The van der Waals surface area contributed by atoms with Crippen LogP contribution in [0.3, 0.4) is 0 Å². The highest BCUT2D eigenvalue weighted by molar-refractivity contribution is 7.09. The van der Waals surface area contributed by atoms with E-state index in [4.69, 9.17) is 0 Å². The molecular formula is C17H28N2OS. The van der Waals surface area contributed by atoms with Gasteiger partial charge in [-0.15, -0.1) is 11.3 Å². The molecule has 3 unspecified atom stereocenters. The fraction of sp³-hybridized carbons (Fsp3) is 0.706. The number of hydrogen-bond acceptors (Lipinski definition) is 3. The summed E-state index contributed by atoms with van der Waals surface area (Å²) in [6.45, 7) is 6.58. The van der Waals surface area contributed by atoms with E-state index in [0.717, 1.165) is 19.5 Å². The lowest BCUT2D eigenvalue weighted by atomic mass is 9.85. The van der Waals surface area contributed by atoms with Gasteiger partial charge in [0, 0.05) is 30.8 Å². The van der Waals surface area contributed by atoms with Crippen LogP contribution in [0.2, 0.25) is 0 Å². The summed E-state index contributed by atoms with van der Waals surface area (Å²) in [7, 11) is 1.95. The van der Waals surface area contributed by atoms with Crippen LogP contribution in [-0.4, -0.2) is 37.0 Å². The molecule has 0 bridgehead atoms. The van der Waals surface area contributed by atoms with Gasteiger partial charge in [-0.05, 0) is 56.1 Å². The van der Waals surface area contributed by atoms with Gasteiger partial charge in [0.1, 0.15) is 0 Å². The average molecular weight is 308 g/mol. The number of amides is 1. The molecule has 3 atom stereocenters. The van der Waals surface area contributed by atoms with Crippen LogP contribution in [0, 0.1) is 11.8 Å². The first-order chi connectivity index (χ1) is 10.1. The SMILES string of the molecule is CC(CC(=O)N(C)C(C)Cc1cccs1)C1CCCNC1. The summed E-state index contributed by atoms with van der Waals surface area (Å²) in [4.78, 5) is 15.8. The van der Waals surface area contributed by atoms with Crippen LogP contribution < -0.4 is 5.32 Å². The maximum absolute atomic E-state index is 12.5. The van der Waals surface area contributed by atoms with Crippen molar-refractivity contribution >= 4 is 17.2 Å².